The molecule has 1 aromatic rings. The fourth-order valence-electron chi connectivity index (χ4n) is 2.95. The van der Waals surface area contributed by atoms with Gasteiger partial charge < -0.3 is 4.74 Å². The average molecular weight is 294 g/mol. The molecule has 0 N–H and O–H groups in total. The van der Waals surface area contributed by atoms with E-state index in [1.54, 1.807) is 0 Å². The standard InChI is InChI=1S/C18H14O4/c1-12(19)16-15-11-14(20)8-10-18(15,22-17(16)21)9-7-13-5-3-2-4-6-13/h2-6,8,10,15-16H,11H2,1H3. The van der Waals surface area contributed by atoms with Crippen LogP contribution in [0.4, 0.5) is 0 Å². The summed E-state index contributed by atoms with van der Waals surface area (Å²) in [6.45, 7) is 1.34. The lowest BCUT2D eigenvalue weighted by Crippen LogP contribution is -2.39. The molecule has 22 heavy (non-hydrogen) atoms. The highest BCUT2D eigenvalue weighted by Crippen LogP contribution is 2.43. The zero-order valence-corrected chi connectivity index (χ0v) is 12.0. The Morgan fingerprint density at radius 3 is 2.68 bits per heavy atom. The number of esters is 1. The molecule has 1 saturated heterocycles. The molecule has 0 spiro atoms. The van der Waals surface area contributed by atoms with Crippen molar-refractivity contribution in [2.24, 2.45) is 11.8 Å². The molecule has 1 aliphatic carbocycles. The first-order valence-electron chi connectivity index (χ1n) is 7.05. The average Bonchev–Trinajstić information content (AvgIpc) is 2.78. The van der Waals surface area contributed by atoms with E-state index < -0.39 is 23.4 Å². The van der Waals surface area contributed by atoms with Crippen molar-refractivity contribution in [1.29, 1.82) is 0 Å². The molecule has 0 bridgehead atoms. The van der Waals surface area contributed by atoms with Crippen LogP contribution in [0.25, 0.3) is 0 Å². The fourth-order valence-corrected chi connectivity index (χ4v) is 2.95. The Hall–Kier alpha value is -2.67. The van der Waals surface area contributed by atoms with Gasteiger partial charge in [0.25, 0.3) is 0 Å². The van der Waals surface area contributed by atoms with Crippen molar-refractivity contribution in [3.05, 3.63) is 48.0 Å². The van der Waals surface area contributed by atoms with Crippen LogP contribution in [0.2, 0.25) is 0 Å². The summed E-state index contributed by atoms with van der Waals surface area (Å²) in [5.74, 6) is 3.46. The van der Waals surface area contributed by atoms with E-state index in [2.05, 4.69) is 11.8 Å². The Labute approximate surface area is 128 Å². The summed E-state index contributed by atoms with van der Waals surface area (Å²) in [6, 6.07) is 9.29. The highest BCUT2D eigenvalue weighted by atomic mass is 16.6. The fraction of sp³-hybridized carbons (Fsp3) is 0.278. The Balaban J connectivity index is 2.04. The normalized spacial score (nSPS) is 29.3. The summed E-state index contributed by atoms with van der Waals surface area (Å²) in [7, 11) is 0. The molecule has 1 aliphatic heterocycles. The lowest BCUT2D eigenvalue weighted by Gasteiger charge is -2.28. The van der Waals surface area contributed by atoms with Gasteiger partial charge in [0.1, 0.15) is 11.7 Å². The van der Waals surface area contributed by atoms with Crippen LogP contribution < -0.4 is 0 Å². The number of rotatable bonds is 1. The van der Waals surface area contributed by atoms with Crippen LogP contribution in [0.1, 0.15) is 18.9 Å². The van der Waals surface area contributed by atoms with Crippen LogP contribution in [-0.4, -0.2) is 23.1 Å². The van der Waals surface area contributed by atoms with Crippen LogP contribution in [0.3, 0.4) is 0 Å². The summed E-state index contributed by atoms with van der Waals surface area (Å²) in [5.41, 5.74) is -0.403. The molecule has 2 aliphatic rings. The Morgan fingerprint density at radius 1 is 1.27 bits per heavy atom. The second-order valence-electron chi connectivity index (χ2n) is 5.53. The van der Waals surface area contributed by atoms with Crippen molar-refractivity contribution in [1.82, 2.24) is 0 Å². The number of ether oxygens (including phenoxy) is 1. The number of ketones is 2. The van der Waals surface area contributed by atoms with Crippen molar-refractivity contribution >= 4 is 17.5 Å². The summed E-state index contributed by atoms with van der Waals surface area (Å²) >= 11 is 0. The lowest BCUT2D eigenvalue weighted by atomic mass is 9.73. The van der Waals surface area contributed by atoms with E-state index >= 15 is 0 Å². The van der Waals surface area contributed by atoms with E-state index in [-0.39, 0.29) is 18.0 Å². The molecular formula is C18H14O4. The molecule has 1 fully saturated rings. The number of allylic oxidation sites excluding steroid dienone is 1. The number of hydrogen-bond donors (Lipinski definition) is 0. The first-order valence-corrected chi connectivity index (χ1v) is 7.05. The largest absolute Gasteiger partial charge is 0.441 e. The molecule has 1 heterocycles. The van der Waals surface area contributed by atoms with Gasteiger partial charge in [0.2, 0.25) is 0 Å². The molecule has 110 valence electrons. The van der Waals surface area contributed by atoms with E-state index in [1.165, 1.54) is 19.1 Å². The third-order valence-electron chi connectivity index (χ3n) is 4.03. The quantitative estimate of drug-likeness (QED) is 0.449. The molecule has 3 rings (SSSR count). The minimum Gasteiger partial charge on any atom is -0.441 e. The maximum Gasteiger partial charge on any atom is 0.318 e. The first-order chi connectivity index (χ1) is 10.5. The van der Waals surface area contributed by atoms with Crippen LogP contribution >= 0.6 is 0 Å². The third kappa shape index (κ3) is 2.35. The number of hydrogen-bond acceptors (Lipinski definition) is 4. The molecule has 0 aromatic heterocycles. The van der Waals surface area contributed by atoms with Crippen LogP contribution in [0.5, 0.6) is 0 Å². The monoisotopic (exact) mass is 294 g/mol. The summed E-state index contributed by atoms with van der Waals surface area (Å²) < 4.78 is 5.42. The van der Waals surface area contributed by atoms with Crippen LogP contribution in [0, 0.1) is 23.7 Å². The van der Waals surface area contributed by atoms with E-state index in [0.29, 0.717) is 0 Å². The van der Waals surface area contributed by atoms with E-state index in [0.717, 1.165) is 5.56 Å². The number of benzene rings is 1. The third-order valence-corrected chi connectivity index (χ3v) is 4.03. The van der Waals surface area contributed by atoms with Gasteiger partial charge in [0, 0.05) is 17.9 Å². The second kappa shape index (κ2) is 5.27. The van der Waals surface area contributed by atoms with E-state index in [9.17, 15) is 14.4 Å². The van der Waals surface area contributed by atoms with E-state index in [1.807, 2.05) is 30.3 Å². The predicted octanol–water partition coefficient (Wildman–Crippen LogP) is 1.68. The van der Waals surface area contributed by atoms with Crippen molar-refractivity contribution in [3.63, 3.8) is 0 Å². The van der Waals surface area contributed by atoms with Gasteiger partial charge in [-0.15, -0.1) is 0 Å². The van der Waals surface area contributed by atoms with Gasteiger partial charge in [-0.3, -0.25) is 14.4 Å². The van der Waals surface area contributed by atoms with Gasteiger partial charge in [0.15, 0.2) is 11.4 Å². The Kier molecular flexibility index (Phi) is 3.42. The Morgan fingerprint density at radius 2 is 2.00 bits per heavy atom. The lowest BCUT2D eigenvalue weighted by molar-refractivity contribution is -0.147. The van der Waals surface area contributed by atoms with E-state index in [4.69, 9.17) is 4.74 Å². The molecule has 0 amide bonds. The number of Topliss-reactive ketones (excluding diaryl/α,β-unsaturated/α-hetero) is 1. The predicted molar refractivity (Wildman–Crippen MR) is 78.6 cm³/mol. The zero-order chi connectivity index (χ0) is 15.7. The molecule has 3 atom stereocenters. The van der Waals surface area contributed by atoms with Gasteiger partial charge in [0.05, 0.1) is 0 Å². The summed E-state index contributed by atoms with van der Waals surface area (Å²) in [4.78, 5) is 35.5. The molecule has 1 aromatic carbocycles. The van der Waals surface area contributed by atoms with Crippen molar-refractivity contribution in [2.75, 3.05) is 0 Å². The molecule has 4 nitrogen and oxygen atoms in total. The smallest absolute Gasteiger partial charge is 0.318 e. The van der Waals surface area contributed by atoms with Gasteiger partial charge >= 0.3 is 5.97 Å². The number of carbonyl (C=O) groups is 3. The topological polar surface area (TPSA) is 60.4 Å². The van der Waals surface area contributed by atoms with Crippen molar-refractivity contribution in [3.8, 4) is 11.8 Å². The van der Waals surface area contributed by atoms with Gasteiger partial charge in [-0.25, -0.2) is 0 Å². The highest BCUT2D eigenvalue weighted by Gasteiger charge is 2.57. The highest BCUT2D eigenvalue weighted by molar-refractivity contribution is 6.02. The summed E-state index contributed by atoms with van der Waals surface area (Å²) in [5, 5.41) is 0. The Bertz CT molecular complexity index is 735. The molecule has 4 heteroatoms. The van der Waals surface area contributed by atoms with Crippen molar-refractivity contribution in [2.45, 2.75) is 18.9 Å². The maximum absolute atomic E-state index is 12.0. The second-order valence-corrected chi connectivity index (χ2v) is 5.53. The molecule has 3 unspecified atom stereocenters. The van der Waals surface area contributed by atoms with Crippen LogP contribution in [0.15, 0.2) is 42.5 Å². The SMILES string of the molecule is CC(=O)C1C(=O)OC2(C#Cc3ccccc3)C=CC(=O)CC12. The number of carbonyl (C=O) groups excluding carboxylic acids is 3. The van der Waals surface area contributed by atoms with Gasteiger partial charge in [-0.05, 0) is 37.1 Å². The minimum atomic E-state index is -1.18. The van der Waals surface area contributed by atoms with Gasteiger partial charge in [-0.2, -0.15) is 0 Å². The molecular weight excluding hydrogens is 280 g/mol. The molecule has 0 radical (unpaired) electrons. The van der Waals surface area contributed by atoms with Gasteiger partial charge in [-0.1, -0.05) is 24.1 Å². The zero-order valence-electron chi connectivity index (χ0n) is 12.0. The molecule has 0 saturated carbocycles. The number of fused-ring (bicyclic) bond motifs is 1. The summed E-state index contributed by atoms with van der Waals surface area (Å²) in [6.07, 6.45) is 2.99. The van der Waals surface area contributed by atoms with Crippen LogP contribution in [-0.2, 0) is 19.1 Å². The van der Waals surface area contributed by atoms with Crippen molar-refractivity contribution < 1.29 is 19.1 Å². The minimum absolute atomic E-state index is 0.0932. The first kappa shape index (κ1) is 14.3. The maximum atomic E-state index is 12.0.